The number of anilines is 1. The molecule has 6 N–H and O–H groups in total. The number of piperidine rings is 1. The average molecular weight is 458 g/mol. The quantitative estimate of drug-likeness (QED) is 0.506. The Labute approximate surface area is 191 Å². The van der Waals surface area contributed by atoms with E-state index in [-0.39, 0.29) is 24.1 Å². The van der Waals surface area contributed by atoms with E-state index < -0.39 is 29.0 Å². The molecule has 2 aliphatic rings. The van der Waals surface area contributed by atoms with Crippen molar-refractivity contribution in [3.63, 3.8) is 0 Å². The summed E-state index contributed by atoms with van der Waals surface area (Å²) in [5.74, 6) is 0.172. The summed E-state index contributed by atoms with van der Waals surface area (Å²) in [6.07, 6.45) is 3.40. The highest BCUT2D eigenvalue weighted by molar-refractivity contribution is 5.82. The number of aliphatic hydroxyl groups is 1. The van der Waals surface area contributed by atoms with Gasteiger partial charge in [0.1, 0.15) is 11.6 Å². The number of nitrogens with zero attached hydrogens (tertiary/aromatic N) is 3. The molecule has 4 rings (SSSR count). The predicted molar refractivity (Wildman–Crippen MR) is 121 cm³/mol. The first-order chi connectivity index (χ1) is 15.6. The lowest BCUT2D eigenvalue weighted by Crippen LogP contribution is -2.59. The number of hydrogen-bond donors (Lipinski definition) is 4. The molecule has 0 unspecified atom stereocenters. The van der Waals surface area contributed by atoms with Gasteiger partial charge in [-0.1, -0.05) is 12.1 Å². The van der Waals surface area contributed by atoms with Crippen molar-refractivity contribution in [1.29, 1.82) is 0 Å². The number of hydrogen-bond acceptors (Lipinski definition) is 8. The third-order valence-electron chi connectivity index (χ3n) is 6.83. The Morgan fingerprint density at radius 3 is 2.55 bits per heavy atom. The molecule has 33 heavy (non-hydrogen) atoms. The van der Waals surface area contributed by atoms with Crippen molar-refractivity contribution in [2.45, 2.75) is 55.9 Å². The van der Waals surface area contributed by atoms with Gasteiger partial charge in [-0.2, -0.15) is 4.98 Å². The molecule has 3 heterocycles. The van der Waals surface area contributed by atoms with E-state index in [1.54, 1.807) is 36.1 Å². The van der Waals surface area contributed by atoms with Crippen LogP contribution in [0.15, 0.2) is 41.3 Å². The minimum absolute atomic E-state index is 0.127. The topological polar surface area (TPSA) is 157 Å². The molecular weight excluding hydrogens is 426 g/mol. The standard InChI is InChI=1S/C23H31N5O5/c1-22(32)14-23(33-13-18(22)28-9-6-19(25)26-21(28)31)7-10-27(11-8-23)20(30)17(24)12-15-2-4-16(29)5-3-15/h2-6,9,17-18,29,32H,7-8,10-14,24H2,1H3,(H2,25,26,31)/t17-,18-,22-/m0/s1. The summed E-state index contributed by atoms with van der Waals surface area (Å²) >= 11 is 0. The van der Waals surface area contributed by atoms with Gasteiger partial charge in [-0.25, -0.2) is 4.79 Å². The molecule has 2 saturated heterocycles. The monoisotopic (exact) mass is 457 g/mol. The van der Waals surface area contributed by atoms with Crippen LogP contribution in [0.25, 0.3) is 0 Å². The average Bonchev–Trinajstić information content (AvgIpc) is 2.76. The van der Waals surface area contributed by atoms with Crippen molar-refractivity contribution in [3.05, 3.63) is 52.6 Å². The van der Waals surface area contributed by atoms with Gasteiger partial charge in [0, 0.05) is 25.7 Å². The van der Waals surface area contributed by atoms with Crippen molar-refractivity contribution < 1.29 is 19.7 Å². The van der Waals surface area contributed by atoms with Crippen LogP contribution in [0.3, 0.4) is 0 Å². The van der Waals surface area contributed by atoms with E-state index in [4.69, 9.17) is 16.2 Å². The van der Waals surface area contributed by atoms with Crippen molar-refractivity contribution in [1.82, 2.24) is 14.5 Å². The molecule has 1 spiro atoms. The molecule has 2 aliphatic heterocycles. The first-order valence-electron chi connectivity index (χ1n) is 11.1. The largest absolute Gasteiger partial charge is 0.508 e. The third kappa shape index (κ3) is 4.87. The molecular formula is C23H31N5O5. The summed E-state index contributed by atoms with van der Waals surface area (Å²) in [6.45, 7) is 2.82. The van der Waals surface area contributed by atoms with Crippen LogP contribution in [-0.2, 0) is 16.0 Å². The van der Waals surface area contributed by atoms with Gasteiger partial charge >= 0.3 is 5.69 Å². The van der Waals surface area contributed by atoms with E-state index in [0.29, 0.717) is 38.8 Å². The van der Waals surface area contributed by atoms with Crippen LogP contribution in [0.1, 0.15) is 37.8 Å². The molecule has 1 aromatic heterocycles. The molecule has 1 amide bonds. The minimum Gasteiger partial charge on any atom is -0.508 e. The van der Waals surface area contributed by atoms with Crippen LogP contribution in [0, 0.1) is 0 Å². The number of aromatic nitrogens is 2. The number of phenolic OH excluding ortho intramolecular Hbond substituents is 1. The van der Waals surface area contributed by atoms with Gasteiger partial charge in [-0.05, 0) is 49.9 Å². The second-order valence-corrected chi connectivity index (χ2v) is 9.39. The molecule has 10 heteroatoms. The zero-order valence-electron chi connectivity index (χ0n) is 18.7. The Morgan fingerprint density at radius 1 is 1.27 bits per heavy atom. The fourth-order valence-corrected chi connectivity index (χ4v) is 4.96. The Bertz CT molecular complexity index is 1060. The second kappa shape index (κ2) is 8.77. The van der Waals surface area contributed by atoms with E-state index in [1.165, 1.54) is 16.8 Å². The van der Waals surface area contributed by atoms with Crippen molar-refractivity contribution in [2.24, 2.45) is 5.73 Å². The molecule has 2 fully saturated rings. The molecule has 0 aliphatic carbocycles. The number of likely N-dealkylation sites (tertiary alicyclic amines) is 1. The molecule has 10 nitrogen and oxygen atoms in total. The summed E-state index contributed by atoms with van der Waals surface area (Å²) in [7, 11) is 0. The van der Waals surface area contributed by atoms with Crippen molar-refractivity contribution in [3.8, 4) is 5.75 Å². The summed E-state index contributed by atoms with van der Waals surface area (Å²) in [6, 6.07) is 6.92. The van der Waals surface area contributed by atoms with E-state index in [0.717, 1.165) is 5.56 Å². The molecule has 0 bridgehead atoms. The van der Waals surface area contributed by atoms with Crippen LogP contribution in [0.4, 0.5) is 5.82 Å². The number of carbonyl (C=O) groups excluding carboxylic acids is 1. The minimum atomic E-state index is -1.19. The van der Waals surface area contributed by atoms with E-state index in [9.17, 15) is 19.8 Å². The summed E-state index contributed by atoms with van der Waals surface area (Å²) < 4.78 is 7.58. The Hall–Kier alpha value is -2.95. The smallest absolute Gasteiger partial charge is 0.349 e. The second-order valence-electron chi connectivity index (χ2n) is 9.39. The Kier molecular flexibility index (Phi) is 6.17. The number of amides is 1. The fourth-order valence-electron chi connectivity index (χ4n) is 4.96. The fraction of sp³-hybridized carbons (Fsp3) is 0.522. The molecule has 178 valence electrons. The number of ether oxygens (including phenoxy) is 1. The van der Waals surface area contributed by atoms with Crippen LogP contribution < -0.4 is 17.2 Å². The van der Waals surface area contributed by atoms with Crippen molar-refractivity contribution >= 4 is 11.7 Å². The van der Waals surface area contributed by atoms with Crippen molar-refractivity contribution in [2.75, 3.05) is 25.4 Å². The highest BCUT2D eigenvalue weighted by Crippen LogP contribution is 2.43. The van der Waals surface area contributed by atoms with Gasteiger partial charge in [0.15, 0.2) is 0 Å². The van der Waals surface area contributed by atoms with Crippen LogP contribution in [0.5, 0.6) is 5.75 Å². The molecule has 0 radical (unpaired) electrons. The third-order valence-corrected chi connectivity index (χ3v) is 6.83. The molecule has 1 aromatic carbocycles. The van der Waals surface area contributed by atoms with Crippen LogP contribution in [0.2, 0.25) is 0 Å². The molecule has 2 aromatic rings. The van der Waals surface area contributed by atoms with Gasteiger partial charge in [-0.3, -0.25) is 9.36 Å². The number of carbonyl (C=O) groups is 1. The normalized spacial score (nSPS) is 25.7. The Morgan fingerprint density at radius 2 is 1.94 bits per heavy atom. The molecule has 0 saturated carbocycles. The number of rotatable bonds is 4. The number of benzene rings is 1. The van der Waals surface area contributed by atoms with Gasteiger partial charge in [0.25, 0.3) is 0 Å². The van der Waals surface area contributed by atoms with E-state index in [2.05, 4.69) is 4.98 Å². The van der Waals surface area contributed by atoms with Gasteiger partial charge < -0.3 is 31.3 Å². The highest BCUT2D eigenvalue weighted by atomic mass is 16.5. The zero-order chi connectivity index (χ0) is 23.8. The summed E-state index contributed by atoms with van der Waals surface area (Å²) in [5.41, 5.74) is 10.3. The number of aromatic hydroxyl groups is 1. The maximum atomic E-state index is 12.9. The first kappa shape index (κ1) is 23.2. The number of nitrogens with two attached hydrogens (primary N) is 2. The van der Waals surface area contributed by atoms with Crippen LogP contribution >= 0.6 is 0 Å². The zero-order valence-corrected chi connectivity index (χ0v) is 18.7. The maximum absolute atomic E-state index is 12.9. The molecule has 3 atom stereocenters. The highest BCUT2D eigenvalue weighted by Gasteiger charge is 2.50. The van der Waals surface area contributed by atoms with Gasteiger partial charge in [0.2, 0.25) is 5.91 Å². The SMILES string of the molecule is C[C@]1(O)CC2(CCN(C(=O)[C@@H](N)Cc3ccc(O)cc3)CC2)OC[C@@H]1n1ccc(N)nc1=O. The maximum Gasteiger partial charge on any atom is 0.349 e. The number of nitrogen functional groups attached to an aromatic ring is 1. The lowest BCUT2D eigenvalue weighted by atomic mass is 9.75. The Balaban J connectivity index is 1.37. The van der Waals surface area contributed by atoms with E-state index in [1.807, 2.05) is 0 Å². The lowest BCUT2D eigenvalue weighted by Gasteiger charge is -2.51. The van der Waals surface area contributed by atoms with Gasteiger partial charge in [0.05, 0.1) is 29.9 Å². The lowest BCUT2D eigenvalue weighted by molar-refractivity contribution is -0.198. The van der Waals surface area contributed by atoms with Gasteiger partial charge in [-0.15, -0.1) is 0 Å². The number of phenols is 1. The summed E-state index contributed by atoms with van der Waals surface area (Å²) in [4.78, 5) is 30.6. The van der Waals surface area contributed by atoms with E-state index >= 15 is 0 Å². The first-order valence-corrected chi connectivity index (χ1v) is 11.1. The summed E-state index contributed by atoms with van der Waals surface area (Å²) in [5, 5.41) is 20.6. The predicted octanol–water partition coefficient (Wildman–Crippen LogP) is 0.175. The van der Waals surface area contributed by atoms with Crippen LogP contribution in [-0.4, -0.2) is 67.5 Å².